The van der Waals surface area contributed by atoms with Crippen molar-refractivity contribution in [1.29, 1.82) is 0 Å². The van der Waals surface area contributed by atoms with E-state index in [2.05, 4.69) is 15.2 Å². The third-order valence-corrected chi connectivity index (χ3v) is 3.65. The molecule has 6 nitrogen and oxygen atoms in total. The predicted octanol–water partition coefficient (Wildman–Crippen LogP) is 0.119. The number of rotatable bonds is 2. The molecule has 0 saturated heterocycles. The standard InChI is InChI=1S/C14H15N3O3/c1-6-10(15-7(2)11(6)14(19)20)5-9-12(8-3-4-8)16-17-13(9)18/h5,15-16H,3-4H2,1-2H3,(H,17,18)(H,19,20). The number of hydrogen-bond acceptors (Lipinski definition) is 2. The van der Waals surface area contributed by atoms with Crippen LogP contribution >= 0.6 is 0 Å². The van der Waals surface area contributed by atoms with Crippen LogP contribution in [0.3, 0.4) is 0 Å². The van der Waals surface area contributed by atoms with Gasteiger partial charge in [0.25, 0.3) is 5.56 Å². The van der Waals surface area contributed by atoms with Gasteiger partial charge in [-0.05, 0) is 43.9 Å². The minimum Gasteiger partial charge on any atom is -0.478 e. The van der Waals surface area contributed by atoms with Crippen molar-refractivity contribution in [2.75, 3.05) is 0 Å². The second-order valence-electron chi connectivity index (χ2n) is 5.08. The van der Waals surface area contributed by atoms with Crippen molar-refractivity contribution in [3.63, 3.8) is 0 Å². The first-order valence-electron chi connectivity index (χ1n) is 6.42. The number of aromatic amines is 3. The number of aromatic nitrogens is 3. The highest BCUT2D eigenvalue weighted by Crippen LogP contribution is 2.26. The Bertz CT molecular complexity index is 874. The Kier molecular flexibility index (Phi) is 2.67. The lowest BCUT2D eigenvalue weighted by atomic mass is 10.1. The van der Waals surface area contributed by atoms with Crippen molar-refractivity contribution in [3.05, 3.63) is 43.4 Å². The molecule has 2 heterocycles. The minimum absolute atomic E-state index is 0.192. The molecule has 0 aliphatic heterocycles. The summed E-state index contributed by atoms with van der Waals surface area (Å²) < 4.78 is 0. The molecule has 1 saturated carbocycles. The molecular formula is C14H15N3O3. The van der Waals surface area contributed by atoms with Crippen LogP contribution in [0.5, 0.6) is 0 Å². The second kappa shape index (κ2) is 4.26. The summed E-state index contributed by atoms with van der Waals surface area (Å²) >= 11 is 0. The van der Waals surface area contributed by atoms with Crippen LogP contribution < -0.4 is 16.1 Å². The van der Waals surface area contributed by atoms with Crippen molar-refractivity contribution in [3.8, 4) is 0 Å². The number of hydrogen-bond donors (Lipinski definition) is 4. The van der Waals surface area contributed by atoms with Crippen molar-refractivity contribution < 1.29 is 9.90 Å². The van der Waals surface area contributed by atoms with E-state index in [1.165, 1.54) is 5.57 Å². The van der Waals surface area contributed by atoms with Crippen LogP contribution in [-0.2, 0) is 0 Å². The smallest absolute Gasteiger partial charge is 0.337 e. The van der Waals surface area contributed by atoms with Crippen LogP contribution in [0.2, 0.25) is 0 Å². The number of aromatic carboxylic acids is 1. The molecule has 1 aliphatic carbocycles. The van der Waals surface area contributed by atoms with Gasteiger partial charge in [-0.25, -0.2) is 4.79 Å². The van der Waals surface area contributed by atoms with Crippen LogP contribution in [0.1, 0.15) is 40.2 Å². The van der Waals surface area contributed by atoms with Gasteiger partial charge in [-0.2, -0.15) is 0 Å². The van der Waals surface area contributed by atoms with E-state index in [0.717, 1.165) is 18.2 Å². The fraction of sp³-hybridized carbons (Fsp3) is 0.286. The zero-order valence-corrected chi connectivity index (χ0v) is 11.3. The van der Waals surface area contributed by atoms with Gasteiger partial charge in [0.05, 0.1) is 16.1 Å². The highest BCUT2D eigenvalue weighted by Gasteiger charge is 2.17. The first-order valence-corrected chi connectivity index (χ1v) is 6.42. The Morgan fingerprint density at radius 3 is 2.50 bits per heavy atom. The summed E-state index contributed by atoms with van der Waals surface area (Å²) in [6.07, 6.45) is 3.71. The van der Waals surface area contributed by atoms with Crippen molar-refractivity contribution in [2.45, 2.75) is 26.7 Å². The summed E-state index contributed by atoms with van der Waals surface area (Å²) in [7, 11) is 0. The Morgan fingerprint density at radius 1 is 1.25 bits per heavy atom. The summed E-state index contributed by atoms with van der Waals surface area (Å²) in [6, 6.07) is 0. The molecule has 0 spiro atoms. The molecular weight excluding hydrogens is 258 g/mol. The Balaban J connectivity index is 2.28. The zero-order chi connectivity index (χ0) is 14.4. The molecule has 0 unspecified atom stereocenters. The number of H-pyrrole nitrogens is 3. The maximum absolute atomic E-state index is 11.9. The number of carboxylic acid groups (broad SMARTS) is 1. The molecule has 0 aromatic carbocycles. The fourth-order valence-electron chi connectivity index (χ4n) is 2.48. The van der Waals surface area contributed by atoms with Crippen molar-refractivity contribution in [2.24, 2.45) is 0 Å². The number of aryl methyl sites for hydroxylation is 1. The van der Waals surface area contributed by atoms with Gasteiger partial charge in [-0.1, -0.05) is 0 Å². The van der Waals surface area contributed by atoms with Crippen molar-refractivity contribution in [1.82, 2.24) is 15.2 Å². The average molecular weight is 273 g/mol. The van der Waals surface area contributed by atoms with Gasteiger partial charge in [-0.15, -0.1) is 0 Å². The van der Waals surface area contributed by atoms with Crippen LogP contribution in [-0.4, -0.2) is 26.3 Å². The van der Waals surface area contributed by atoms with Crippen LogP contribution in [0, 0.1) is 13.8 Å². The first kappa shape index (κ1) is 12.5. The zero-order valence-electron chi connectivity index (χ0n) is 11.3. The van der Waals surface area contributed by atoms with E-state index in [0.29, 0.717) is 22.2 Å². The van der Waals surface area contributed by atoms with E-state index in [9.17, 15) is 14.7 Å². The summed E-state index contributed by atoms with van der Waals surface area (Å²) in [5.41, 5.74) is 3.18. The van der Waals surface area contributed by atoms with Crippen molar-refractivity contribution >= 4 is 17.6 Å². The van der Waals surface area contributed by atoms with Gasteiger partial charge in [0.2, 0.25) is 0 Å². The van der Waals surface area contributed by atoms with Gasteiger partial charge < -0.3 is 10.1 Å². The van der Waals surface area contributed by atoms with E-state index in [4.69, 9.17) is 0 Å². The van der Waals surface area contributed by atoms with E-state index in [1.54, 1.807) is 19.9 Å². The van der Waals surface area contributed by atoms with E-state index < -0.39 is 5.97 Å². The van der Waals surface area contributed by atoms with E-state index >= 15 is 0 Å². The number of nitrogens with one attached hydrogen (secondary N) is 3. The highest BCUT2D eigenvalue weighted by molar-refractivity contribution is 5.92. The maximum Gasteiger partial charge on any atom is 0.337 e. The molecule has 1 fully saturated rings. The molecule has 0 radical (unpaired) electrons. The molecule has 1 aliphatic rings. The van der Waals surface area contributed by atoms with Gasteiger partial charge in [0.1, 0.15) is 0 Å². The third-order valence-electron chi connectivity index (χ3n) is 3.65. The Labute approximate surface area is 113 Å². The van der Waals surface area contributed by atoms with E-state index in [-0.39, 0.29) is 11.1 Å². The molecule has 0 atom stereocenters. The lowest BCUT2D eigenvalue weighted by Crippen LogP contribution is -2.33. The lowest BCUT2D eigenvalue weighted by Gasteiger charge is -1.93. The van der Waals surface area contributed by atoms with Crippen LogP contribution in [0.15, 0.2) is 4.79 Å². The predicted molar refractivity (Wildman–Crippen MR) is 74.1 cm³/mol. The Morgan fingerprint density at radius 2 is 1.95 bits per heavy atom. The van der Waals surface area contributed by atoms with Crippen LogP contribution in [0.25, 0.3) is 11.6 Å². The topological polar surface area (TPSA) is 102 Å². The Hall–Kier alpha value is -2.50. The summed E-state index contributed by atoms with van der Waals surface area (Å²) in [4.78, 5) is 26.1. The fourth-order valence-corrected chi connectivity index (χ4v) is 2.48. The summed E-state index contributed by atoms with van der Waals surface area (Å²) in [5.74, 6) is -0.962. The molecule has 2 aromatic heterocycles. The van der Waals surface area contributed by atoms with Gasteiger partial charge >= 0.3 is 5.97 Å². The number of carbonyl (C=O) groups is 1. The van der Waals surface area contributed by atoms with Crippen LogP contribution in [0.4, 0.5) is 0 Å². The molecule has 0 bridgehead atoms. The molecule has 104 valence electrons. The minimum atomic E-state index is -0.962. The lowest BCUT2D eigenvalue weighted by molar-refractivity contribution is 0.0695. The van der Waals surface area contributed by atoms with Gasteiger partial charge in [0.15, 0.2) is 0 Å². The second-order valence-corrected chi connectivity index (χ2v) is 5.08. The molecule has 6 heteroatoms. The summed E-state index contributed by atoms with van der Waals surface area (Å²) in [5, 5.41) is 16.0. The molecule has 20 heavy (non-hydrogen) atoms. The van der Waals surface area contributed by atoms with E-state index in [1.807, 2.05) is 0 Å². The molecule has 2 aromatic rings. The van der Waals surface area contributed by atoms with Gasteiger partial charge in [-0.3, -0.25) is 15.0 Å². The monoisotopic (exact) mass is 273 g/mol. The summed E-state index contributed by atoms with van der Waals surface area (Å²) in [6.45, 7) is 3.45. The average Bonchev–Trinajstić information content (AvgIpc) is 3.09. The largest absolute Gasteiger partial charge is 0.478 e. The number of carboxylic acids is 1. The highest BCUT2D eigenvalue weighted by atomic mass is 16.4. The molecule has 0 amide bonds. The third kappa shape index (κ3) is 1.89. The SMILES string of the molecule is Cc1[nH]c(C=c2c(=O)[nH][nH]c2=C2CC2)c(C)c1C(=O)O. The molecule has 4 N–H and O–H groups in total. The maximum atomic E-state index is 11.9. The molecule has 3 rings (SSSR count). The van der Waals surface area contributed by atoms with Gasteiger partial charge in [0, 0.05) is 11.4 Å². The quantitative estimate of drug-likeness (QED) is 0.625. The first-order chi connectivity index (χ1) is 9.49. The normalized spacial score (nSPS) is 14.9.